The van der Waals surface area contributed by atoms with E-state index in [-0.39, 0.29) is 11.6 Å². The minimum atomic E-state index is -0.592. The normalized spacial score (nSPS) is 11.4. The number of rotatable bonds is 9. The number of nitrogens with zero attached hydrogens (tertiary/aromatic N) is 1. The van der Waals surface area contributed by atoms with Crippen molar-refractivity contribution in [2.24, 2.45) is 0 Å². The van der Waals surface area contributed by atoms with Crippen molar-refractivity contribution in [2.75, 3.05) is 13.7 Å². The summed E-state index contributed by atoms with van der Waals surface area (Å²) in [4.78, 5) is 28.5. The summed E-state index contributed by atoms with van der Waals surface area (Å²) >= 11 is 0. The minimum Gasteiger partial charge on any atom is -0.497 e. The molecule has 0 saturated heterocycles. The van der Waals surface area contributed by atoms with Crippen LogP contribution in [0.15, 0.2) is 66.5 Å². The molecule has 0 aliphatic rings. The summed E-state index contributed by atoms with van der Waals surface area (Å²) in [5, 5.41) is 2.98. The third kappa shape index (κ3) is 5.63. The van der Waals surface area contributed by atoms with E-state index < -0.39 is 6.04 Å². The molecule has 1 heterocycles. The van der Waals surface area contributed by atoms with Gasteiger partial charge in [0.15, 0.2) is 0 Å². The second kappa shape index (κ2) is 11.7. The van der Waals surface area contributed by atoms with Crippen molar-refractivity contribution in [2.45, 2.75) is 38.6 Å². The molecule has 3 rings (SSSR count). The molecule has 1 aromatic heterocycles. The van der Waals surface area contributed by atoms with Crippen molar-refractivity contribution in [1.82, 2.24) is 14.9 Å². The Morgan fingerprint density at radius 2 is 1.93 bits per heavy atom. The number of imidazole rings is 1. The van der Waals surface area contributed by atoms with Crippen LogP contribution in [0.2, 0.25) is 0 Å². The highest BCUT2D eigenvalue weighted by molar-refractivity contribution is 5.84. The van der Waals surface area contributed by atoms with Crippen LogP contribution in [0.5, 0.6) is 5.75 Å². The largest absolute Gasteiger partial charge is 0.497 e. The third-order valence-corrected chi connectivity index (χ3v) is 4.92. The number of amides is 1. The lowest BCUT2D eigenvalue weighted by Gasteiger charge is -2.19. The van der Waals surface area contributed by atoms with Crippen molar-refractivity contribution in [3.63, 3.8) is 0 Å². The Hall–Kier alpha value is -3.28. The van der Waals surface area contributed by atoms with Crippen LogP contribution in [-0.2, 0) is 11.2 Å². The molecule has 0 saturated carbocycles. The summed E-state index contributed by atoms with van der Waals surface area (Å²) < 4.78 is 6.86. The van der Waals surface area contributed by atoms with E-state index in [1.165, 1.54) is 0 Å². The lowest BCUT2D eigenvalue weighted by atomic mass is 10.0. The summed E-state index contributed by atoms with van der Waals surface area (Å²) in [6, 6.07) is 14.8. The zero-order valence-corrected chi connectivity index (χ0v) is 17.8. The van der Waals surface area contributed by atoms with Gasteiger partial charge in [0.25, 0.3) is 0 Å². The first-order valence-corrected chi connectivity index (χ1v) is 10.2. The maximum atomic E-state index is 13.0. The Balaban J connectivity index is 0.00000155. The van der Waals surface area contributed by atoms with Crippen LogP contribution < -0.4 is 15.7 Å². The number of aryl methyl sites for hydroxylation is 1. The molecule has 0 bridgehead atoms. The Kier molecular flexibility index (Phi) is 8.94. The van der Waals surface area contributed by atoms with Crippen LogP contribution in [0.1, 0.15) is 37.8 Å². The number of aromatic amines is 1. The molecule has 0 spiro atoms. The summed E-state index contributed by atoms with van der Waals surface area (Å²) in [6.07, 6.45) is 3.15. The minimum absolute atomic E-state index is 0.129. The Morgan fingerprint density at radius 1 is 1.20 bits per heavy atom. The van der Waals surface area contributed by atoms with Gasteiger partial charge in [0, 0.05) is 12.6 Å². The number of unbranched alkanes of at least 4 members (excludes halogenated alkanes) is 1. The van der Waals surface area contributed by atoms with Gasteiger partial charge < -0.3 is 15.0 Å². The first-order chi connectivity index (χ1) is 14.6. The summed E-state index contributed by atoms with van der Waals surface area (Å²) in [7, 11) is 1.58. The van der Waals surface area contributed by atoms with Gasteiger partial charge in [-0.15, -0.1) is 13.2 Å². The number of ether oxygens (including phenoxy) is 1. The van der Waals surface area contributed by atoms with Crippen LogP contribution in [0, 0.1) is 0 Å². The highest BCUT2D eigenvalue weighted by Crippen LogP contribution is 2.23. The molecule has 1 amide bonds. The smallest absolute Gasteiger partial charge is 0.327 e. The zero-order chi connectivity index (χ0) is 21.9. The van der Waals surface area contributed by atoms with Crippen molar-refractivity contribution in [3.8, 4) is 5.75 Å². The number of benzene rings is 2. The standard InChI is InChI=1S/C22H27N3O3.C2H4/c1-3-4-14-23-21(26)19(13-10-16-8-6-5-7-9-16)25-20-15-17(28-2)11-12-18(20)24-22(25)27;1-2/h5-9,11-12,15,19H,3-4,10,13-14H2,1-2H3,(H,23,26)(H,24,27);1-2H2. The molecule has 2 aromatic carbocycles. The van der Waals surface area contributed by atoms with Crippen molar-refractivity contribution in [3.05, 3.63) is 77.7 Å². The van der Waals surface area contributed by atoms with E-state index >= 15 is 0 Å². The molecule has 2 N–H and O–H groups in total. The van der Waals surface area contributed by atoms with Crippen molar-refractivity contribution >= 4 is 16.9 Å². The van der Waals surface area contributed by atoms with E-state index in [0.29, 0.717) is 36.2 Å². The number of nitrogens with one attached hydrogen (secondary N) is 2. The number of hydrogen-bond acceptors (Lipinski definition) is 3. The van der Waals surface area contributed by atoms with Gasteiger partial charge in [-0.1, -0.05) is 43.7 Å². The van der Waals surface area contributed by atoms with Gasteiger partial charge in [-0.05, 0) is 37.0 Å². The molecule has 0 fully saturated rings. The van der Waals surface area contributed by atoms with Gasteiger partial charge in [-0.2, -0.15) is 0 Å². The number of methoxy groups -OCH3 is 1. The summed E-state index contributed by atoms with van der Waals surface area (Å²) in [6.45, 7) is 8.69. The average molecular weight is 410 g/mol. The van der Waals surface area contributed by atoms with Gasteiger partial charge in [0.05, 0.1) is 18.1 Å². The number of carbonyl (C=O) groups is 1. The van der Waals surface area contributed by atoms with Crippen LogP contribution in [0.3, 0.4) is 0 Å². The predicted octanol–water partition coefficient (Wildman–Crippen LogP) is 4.23. The fourth-order valence-corrected chi connectivity index (χ4v) is 3.37. The number of carbonyl (C=O) groups excluding carboxylic acids is 1. The van der Waals surface area contributed by atoms with Crippen molar-refractivity contribution in [1.29, 1.82) is 0 Å². The van der Waals surface area contributed by atoms with E-state index in [0.717, 1.165) is 18.4 Å². The van der Waals surface area contributed by atoms with Gasteiger partial charge in [0.2, 0.25) is 5.91 Å². The Morgan fingerprint density at radius 3 is 2.60 bits per heavy atom. The number of H-pyrrole nitrogens is 1. The molecule has 30 heavy (non-hydrogen) atoms. The van der Waals surface area contributed by atoms with Crippen LogP contribution in [0.4, 0.5) is 0 Å². The van der Waals surface area contributed by atoms with Crippen LogP contribution in [-0.4, -0.2) is 29.1 Å². The van der Waals surface area contributed by atoms with E-state index in [2.05, 4.69) is 30.4 Å². The van der Waals surface area contributed by atoms with Crippen LogP contribution >= 0.6 is 0 Å². The van der Waals surface area contributed by atoms with Crippen LogP contribution in [0.25, 0.3) is 11.0 Å². The highest BCUT2D eigenvalue weighted by Gasteiger charge is 2.24. The molecule has 3 aromatic rings. The van der Waals surface area contributed by atoms with Gasteiger partial charge >= 0.3 is 5.69 Å². The molecule has 6 nitrogen and oxygen atoms in total. The van der Waals surface area contributed by atoms with Gasteiger partial charge in [-0.25, -0.2) is 4.79 Å². The number of fused-ring (bicyclic) bond motifs is 1. The third-order valence-electron chi connectivity index (χ3n) is 4.92. The van der Waals surface area contributed by atoms with Gasteiger partial charge in [0.1, 0.15) is 11.8 Å². The average Bonchev–Trinajstić information content (AvgIpc) is 3.11. The molecule has 0 radical (unpaired) electrons. The number of aromatic nitrogens is 2. The molecule has 0 aliphatic heterocycles. The maximum absolute atomic E-state index is 13.0. The molecule has 1 unspecified atom stereocenters. The lowest BCUT2D eigenvalue weighted by Crippen LogP contribution is -2.37. The first-order valence-electron chi connectivity index (χ1n) is 10.2. The second-order valence-electron chi connectivity index (χ2n) is 6.87. The quantitative estimate of drug-likeness (QED) is 0.410. The zero-order valence-electron chi connectivity index (χ0n) is 17.8. The Labute approximate surface area is 177 Å². The maximum Gasteiger partial charge on any atom is 0.327 e. The summed E-state index contributed by atoms with van der Waals surface area (Å²) in [5.74, 6) is 0.517. The molecular formula is C24H31N3O3. The molecule has 1 atom stereocenters. The van der Waals surface area contributed by atoms with E-state index in [1.807, 2.05) is 30.3 Å². The molecule has 160 valence electrons. The SMILES string of the molecule is C=C.CCCCNC(=O)C(CCc1ccccc1)n1c(=O)[nH]c2ccc(OC)cc21. The highest BCUT2D eigenvalue weighted by atomic mass is 16.5. The second-order valence-corrected chi connectivity index (χ2v) is 6.87. The predicted molar refractivity (Wildman–Crippen MR) is 122 cm³/mol. The molecular weight excluding hydrogens is 378 g/mol. The lowest BCUT2D eigenvalue weighted by molar-refractivity contribution is -0.124. The topological polar surface area (TPSA) is 76.1 Å². The number of hydrogen-bond donors (Lipinski definition) is 2. The first kappa shape index (κ1) is 23.0. The fourth-order valence-electron chi connectivity index (χ4n) is 3.37. The monoisotopic (exact) mass is 409 g/mol. The molecule has 0 aliphatic carbocycles. The van der Waals surface area contributed by atoms with Gasteiger partial charge in [-0.3, -0.25) is 9.36 Å². The van der Waals surface area contributed by atoms with E-state index in [4.69, 9.17) is 4.74 Å². The van der Waals surface area contributed by atoms with E-state index in [1.54, 1.807) is 29.9 Å². The Bertz CT molecular complexity index is 992. The van der Waals surface area contributed by atoms with E-state index in [9.17, 15) is 9.59 Å². The summed E-state index contributed by atoms with van der Waals surface area (Å²) in [5.41, 5.74) is 2.22. The van der Waals surface area contributed by atoms with Crippen molar-refractivity contribution < 1.29 is 9.53 Å². The fraction of sp³-hybridized carbons (Fsp3) is 0.333. The molecule has 6 heteroatoms.